The lowest BCUT2D eigenvalue weighted by molar-refractivity contribution is -0.142. The Balaban J connectivity index is 1.74. The number of benzene rings is 2. The Kier molecular flexibility index (Phi) is 4.34. The van der Waals surface area contributed by atoms with Gasteiger partial charge < -0.3 is 10.4 Å². The van der Waals surface area contributed by atoms with E-state index in [-0.39, 0.29) is 18.1 Å². The third-order valence-corrected chi connectivity index (χ3v) is 4.47. The number of carboxylic acids is 1. The molecule has 1 aliphatic carbocycles. The molecule has 1 unspecified atom stereocenters. The normalized spacial score (nSPS) is 16.2. The third-order valence-electron chi connectivity index (χ3n) is 4.47. The number of nitrogens with one attached hydrogen (secondary N) is 1. The van der Waals surface area contributed by atoms with E-state index in [1.54, 1.807) is 12.1 Å². The second kappa shape index (κ2) is 6.43. The van der Waals surface area contributed by atoms with Gasteiger partial charge in [-0.3, -0.25) is 4.79 Å². The van der Waals surface area contributed by atoms with Gasteiger partial charge >= 0.3 is 5.97 Å². The maximum atomic E-state index is 13.1. The number of hydrogen-bond acceptors (Lipinski definition) is 2. The fourth-order valence-electron chi connectivity index (χ4n) is 2.89. The molecular formula is C19H18FNO3. The molecule has 1 fully saturated rings. The molecule has 0 radical (unpaired) electrons. The molecule has 2 aromatic carbocycles. The van der Waals surface area contributed by atoms with Crippen LogP contribution in [-0.2, 0) is 21.4 Å². The first-order valence-corrected chi connectivity index (χ1v) is 7.85. The van der Waals surface area contributed by atoms with E-state index in [4.69, 9.17) is 0 Å². The summed E-state index contributed by atoms with van der Waals surface area (Å²) in [6.45, 7) is 0. The number of carbonyl (C=O) groups excluding carboxylic acids is 1. The second-order valence-corrected chi connectivity index (χ2v) is 6.14. The van der Waals surface area contributed by atoms with Gasteiger partial charge in [-0.2, -0.15) is 0 Å². The molecule has 2 aromatic rings. The van der Waals surface area contributed by atoms with Crippen molar-refractivity contribution >= 4 is 11.9 Å². The van der Waals surface area contributed by atoms with Gasteiger partial charge in [0.05, 0.1) is 5.41 Å². The van der Waals surface area contributed by atoms with Crippen molar-refractivity contribution < 1.29 is 19.1 Å². The first-order chi connectivity index (χ1) is 11.5. The van der Waals surface area contributed by atoms with Crippen LogP contribution in [0.5, 0.6) is 0 Å². The molecule has 0 aliphatic heterocycles. The van der Waals surface area contributed by atoms with Crippen LogP contribution in [0.3, 0.4) is 0 Å². The van der Waals surface area contributed by atoms with E-state index in [0.29, 0.717) is 12.8 Å². The third kappa shape index (κ3) is 3.30. The topological polar surface area (TPSA) is 66.4 Å². The summed E-state index contributed by atoms with van der Waals surface area (Å²) in [7, 11) is 0. The monoisotopic (exact) mass is 327 g/mol. The van der Waals surface area contributed by atoms with Crippen LogP contribution in [0.4, 0.5) is 4.39 Å². The Bertz CT molecular complexity index is 739. The standard InChI is InChI=1S/C19H18FNO3/c20-15-8-6-14(7-9-15)19(10-11-19)18(24)21-16(17(22)23)12-13-4-2-1-3-5-13/h1-9,16H,10-12H2,(H,21,24)(H,22,23). The highest BCUT2D eigenvalue weighted by atomic mass is 19.1. The minimum Gasteiger partial charge on any atom is -0.480 e. The molecule has 0 bridgehead atoms. The Morgan fingerprint density at radius 1 is 1.08 bits per heavy atom. The van der Waals surface area contributed by atoms with Gasteiger partial charge in [0.2, 0.25) is 5.91 Å². The zero-order valence-electron chi connectivity index (χ0n) is 13.0. The number of rotatable bonds is 6. The lowest BCUT2D eigenvalue weighted by Crippen LogP contribution is -2.46. The van der Waals surface area contributed by atoms with Crippen LogP contribution in [0.15, 0.2) is 54.6 Å². The van der Waals surface area contributed by atoms with E-state index in [1.165, 1.54) is 12.1 Å². The van der Waals surface area contributed by atoms with Crippen LogP contribution >= 0.6 is 0 Å². The van der Waals surface area contributed by atoms with Gasteiger partial charge in [-0.1, -0.05) is 42.5 Å². The Hall–Kier alpha value is -2.69. The smallest absolute Gasteiger partial charge is 0.326 e. The molecule has 4 nitrogen and oxygen atoms in total. The molecule has 1 saturated carbocycles. The Morgan fingerprint density at radius 2 is 1.71 bits per heavy atom. The molecule has 3 rings (SSSR count). The average molecular weight is 327 g/mol. The van der Waals surface area contributed by atoms with Crippen molar-refractivity contribution in [2.24, 2.45) is 0 Å². The van der Waals surface area contributed by atoms with Crippen molar-refractivity contribution in [2.75, 3.05) is 0 Å². The molecule has 24 heavy (non-hydrogen) atoms. The highest BCUT2D eigenvalue weighted by Gasteiger charge is 2.51. The highest BCUT2D eigenvalue weighted by Crippen LogP contribution is 2.48. The van der Waals surface area contributed by atoms with Crippen LogP contribution < -0.4 is 5.32 Å². The summed E-state index contributed by atoms with van der Waals surface area (Å²) in [5.41, 5.74) is 0.847. The minimum atomic E-state index is -1.07. The summed E-state index contributed by atoms with van der Waals surface area (Å²) in [5, 5.41) is 12.1. The van der Waals surface area contributed by atoms with Crippen LogP contribution in [0.1, 0.15) is 24.0 Å². The van der Waals surface area contributed by atoms with Gasteiger partial charge in [0, 0.05) is 6.42 Å². The van der Waals surface area contributed by atoms with E-state index in [1.807, 2.05) is 30.3 Å². The van der Waals surface area contributed by atoms with Crippen LogP contribution in [0, 0.1) is 5.82 Å². The summed E-state index contributed by atoms with van der Waals surface area (Å²) < 4.78 is 13.1. The van der Waals surface area contributed by atoms with E-state index < -0.39 is 17.4 Å². The average Bonchev–Trinajstić information content (AvgIpc) is 3.37. The Morgan fingerprint density at radius 3 is 2.25 bits per heavy atom. The summed E-state index contributed by atoms with van der Waals surface area (Å²) in [6, 6.07) is 14.0. The zero-order valence-corrected chi connectivity index (χ0v) is 13.0. The van der Waals surface area contributed by atoms with Crippen molar-refractivity contribution in [3.63, 3.8) is 0 Å². The number of carboxylic acid groups (broad SMARTS) is 1. The number of carbonyl (C=O) groups is 2. The van der Waals surface area contributed by atoms with Crippen molar-refractivity contribution in [1.29, 1.82) is 0 Å². The molecule has 1 atom stereocenters. The van der Waals surface area contributed by atoms with Crippen molar-refractivity contribution in [1.82, 2.24) is 5.32 Å². The van der Waals surface area contributed by atoms with Crippen LogP contribution in [0.2, 0.25) is 0 Å². The quantitative estimate of drug-likeness (QED) is 0.857. The molecule has 0 saturated heterocycles. The lowest BCUT2D eigenvalue weighted by Gasteiger charge is -2.20. The SMILES string of the molecule is O=C(O)C(Cc1ccccc1)NC(=O)C1(c2ccc(F)cc2)CC1. The minimum absolute atomic E-state index is 0.224. The van der Waals surface area contributed by atoms with E-state index in [0.717, 1.165) is 11.1 Å². The van der Waals surface area contributed by atoms with E-state index in [2.05, 4.69) is 5.32 Å². The van der Waals surface area contributed by atoms with Crippen molar-refractivity contribution in [3.8, 4) is 0 Å². The molecule has 0 spiro atoms. The highest BCUT2D eigenvalue weighted by molar-refractivity contribution is 5.94. The van der Waals surface area contributed by atoms with Gasteiger partial charge in [-0.25, -0.2) is 9.18 Å². The van der Waals surface area contributed by atoms with Gasteiger partial charge in [0.25, 0.3) is 0 Å². The molecule has 1 aliphatic rings. The predicted molar refractivity (Wildman–Crippen MR) is 87.0 cm³/mol. The molecule has 1 amide bonds. The van der Waals surface area contributed by atoms with Crippen molar-refractivity contribution in [2.45, 2.75) is 30.7 Å². The maximum absolute atomic E-state index is 13.1. The first-order valence-electron chi connectivity index (χ1n) is 7.85. The summed E-state index contributed by atoms with van der Waals surface area (Å²) in [5.74, 6) is -1.73. The van der Waals surface area contributed by atoms with Crippen LogP contribution in [0.25, 0.3) is 0 Å². The largest absolute Gasteiger partial charge is 0.480 e. The predicted octanol–water partition coefficient (Wildman–Crippen LogP) is 2.67. The first kappa shape index (κ1) is 16.2. The summed E-state index contributed by atoms with van der Waals surface area (Å²) >= 11 is 0. The lowest BCUT2D eigenvalue weighted by atomic mass is 9.94. The number of halogens is 1. The molecular weight excluding hydrogens is 309 g/mol. The number of hydrogen-bond donors (Lipinski definition) is 2. The molecule has 0 aromatic heterocycles. The fourth-order valence-corrected chi connectivity index (χ4v) is 2.89. The van der Waals surface area contributed by atoms with E-state index in [9.17, 15) is 19.1 Å². The molecule has 124 valence electrons. The number of aliphatic carboxylic acids is 1. The maximum Gasteiger partial charge on any atom is 0.326 e. The fraction of sp³-hybridized carbons (Fsp3) is 0.263. The van der Waals surface area contributed by atoms with E-state index >= 15 is 0 Å². The van der Waals surface area contributed by atoms with Crippen molar-refractivity contribution in [3.05, 3.63) is 71.5 Å². The summed E-state index contributed by atoms with van der Waals surface area (Å²) in [6.07, 6.45) is 1.51. The zero-order chi connectivity index (χ0) is 17.2. The number of amides is 1. The van der Waals surface area contributed by atoms with Gasteiger partial charge in [0.15, 0.2) is 0 Å². The molecule has 2 N–H and O–H groups in total. The van der Waals surface area contributed by atoms with Gasteiger partial charge in [-0.15, -0.1) is 0 Å². The molecule has 5 heteroatoms. The van der Waals surface area contributed by atoms with Gasteiger partial charge in [0.1, 0.15) is 11.9 Å². The second-order valence-electron chi connectivity index (χ2n) is 6.14. The van der Waals surface area contributed by atoms with Gasteiger partial charge in [-0.05, 0) is 36.1 Å². The van der Waals surface area contributed by atoms with Crippen LogP contribution in [-0.4, -0.2) is 23.0 Å². The summed E-state index contributed by atoms with van der Waals surface area (Å²) in [4.78, 5) is 24.2. The Labute approximate surface area is 139 Å². The molecule has 0 heterocycles.